The second kappa shape index (κ2) is 10.0. The molecule has 0 spiro atoms. The molecule has 8 heteroatoms. The van der Waals surface area contributed by atoms with Gasteiger partial charge in [0.1, 0.15) is 0 Å². The van der Waals surface area contributed by atoms with Gasteiger partial charge in [-0.1, -0.05) is 12.1 Å². The third-order valence-corrected chi connectivity index (χ3v) is 4.43. The molecule has 0 radical (unpaired) electrons. The normalized spacial score (nSPS) is 10.5. The van der Waals surface area contributed by atoms with Crippen LogP contribution in [-0.4, -0.2) is 33.7 Å². The molecule has 0 saturated carbocycles. The molecule has 0 aliphatic heterocycles. The zero-order valence-electron chi connectivity index (χ0n) is 16.0. The molecule has 0 unspecified atom stereocenters. The van der Waals surface area contributed by atoms with Crippen molar-refractivity contribution < 1.29 is 9.72 Å². The van der Waals surface area contributed by atoms with Crippen molar-refractivity contribution in [1.82, 2.24) is 15.1 Å². The maximum atomic E-state index is 11.9. The molecule has 0 fully saturated rings. The van der Waals surface area contributed by atoms with Crippen molar-refractivity contribution in [2.45, 2.75) is 19.3 Å². The molecule has 0 aliphatic carbocycles. The fourth-order valence-corrected chi connectivity index (χ4v) is 2.85. The van der Waals surface area contributed by atoms with Gasteiger partial charge in [-0.15, -0.1) is 0 Å². The van der Waals surface area contributed by atoms with Crippen LogP contribution in [0, 0.1) is 10.1 Å². The number of hydrogen-bond donors (Lipinski definition) is 2. The van der Waals surface area contributed by atoms with Gasteiger partial charge in [-0.2, -0.15) is 5.10 Å². The van der Waals surface area contributed by atoms with Crippen molar-refractivity contribution in [2.24, 2.45) is 0 Å². The predicted octanol–water partition coefficient (Wildman–Crippen LogP) is 3.33. The Labute approximate surface area is 168 Å². The lowest BCUT2D eigenvalue weighted by Gasteiger charge is -2.08. The molecule has 1 heterocycles. The number of nitrogens with one attached hydrogen (secondary N) is 2. The van der Waals surface area contributed by atoms with E-state index in [9.17, 15) is 14.9 Å². The van der Waals surface area contributed by atoms with Gasteiger partial charge in [-0.3, -0.25) is 14.9 Å². The number of nitrogens with zero attached hydrogens (tertiary/aromatic N) is 3. The van der Waals surface area contributed by atoms with E-state index >= 15 is 0 Å². The van der Waals surface area contributed by atoms with Crippen molar-refractivity contribution in [3.05, 3.63) is 82.7 Å². The highest BCUT2D eigenvalue weighted by molar-refractivity contribution is 5.75. The summed E-state index contributed by atoms with van der Waals surface area (Å²) in [5, 5.41) is 20.9. The maximum Gasteiger partial charge on any atom is 0.269 e. The van der Waals surface area contributed by atoms with Crippen LogP contribution in [0.15, 0.2) is 67.0 Å². The minimum atomic E-state index is -0.429. The molecular formula is C21H23N5O3. The molecule has 0 bridgehead atoms. The summed E-state index contributed by atoms with van der Waals surface area (Å²) in [5.41, 5.74) is 3.02. The summed E-state index contributed by atoms with van der Waals surface area (Å²) in [6.45, 7) is 1.22. The molecule has 0 saturated heterocycles. The summed E-state index contributed by atoms with van der Waals surface area (Å²) in [6.07, 6.45) is 5.52. The summed E-state index contributed by atoms with van der Waals surface area (Å²) < 4.78 is 1.80. The molecule has 0 atom stereocenters. The molecule has 3 rings (SSSR count). The number of aromatic nitrogens is 2. The summed E-state index contributed by atoms with van der Waals surface area (Å²) in [6, 6.07) is 16.2. The fraction of sp³-hybridized carbons (Fsp3) is 0.238. The van der Waals surface area contributed by atoms with E-state index in [2.05, 4.69) is 15.7 Å². The average molecular weight is 393 g/mol. The quantitative estimate of drug-likeness (QED) is 0.312. The molecule has 29 heavy (non-hydrogen) atoms. The number of rotatable bonds is 10. The first-order valence-corrected chi connectivity index (χ1v) is 9.46. The second-order valence-electron chi connectivity index (χ2n) is 6.55. The van der Waals surface area contributed by atoms with Crippen molar-refractivity contribution >= 4 is 17.3 Å². The zero-order chi connectivity index (χ0) is 20.5. The molecule has 1 amide bonds. The van der Waals surface area contributed by atoms with Crippen LogP contribution in [-0.2, 0) is 11.2 Å². The van der Waals surface area contributed by atoms with Gasteiger partial charge in [0.05, 0.1) is 10.6 Å². The highest BCUT2D eigenvalue weighted by Gasteiger charge is 2.04. The van der Waals surface area contributed by atoms with Crippen molar-refractivity contribution in [3.63, 3.8) is 0 Å². The first-order chi connectivity index (χ1) is 14.1. The van der Waals surface area contributed by atoms with E-state index in [1.165, 1.54) is 12.1 Å². The number of hydrogen-bond acceptors (Lipinski definition) is 5. The lowest BCUT2D eigenvalue weighted by Crippen LogP contribution is -2.25. The molecular weight excluding hydrogens is 370 g/mol. The van der Waals surface area contributed by atoms with Gasteiger partial charge in [-0.25, -0.2) is 4.68 Å². The van der Waals surface area contributed by atoms with Crippen molar-refractivity contribution in [1.29, 1.82) is 0 Å². The van der Waals surface area contributed by atoms with Gasteiger partial charge in [0.15, 0.2) is 0 Å². The number of anilines is 1. The molecule has 8 nitrogen and oxygen atoms in total. The van der Waals surface area contributed by atoms with Gasteiger partial charge in [0, 0.05) is 49.7 Å². The van der Waals surface area contributed by atoms with Gasteiger partial charge in [0.25, 0.3) is 5.69 Å². The van der Waals surface area contributed by atoms with Gasteiger partial charge >= 0.3 is 0 Å². The highest BCUT2D eigenvalue weighted by atomic mass is 16.6. The lowest BCUT2D eigenvalue weighted by atomic mass is 10.1. The topological polar surface area (TPSA) is 102 Å². The smallest absolute Gasteiger partial charge is 0.269 e. The first-order valence-electron chi connectivity index (χ1n) is 9.46. The molecule has 2 aromatic carbocycles. The number of nitro benzene ring substituents is 1. The summed E-state index contributed by atoms with van der Waals surface area (Å²) in [5.74, 6) is 0.0173. The minimum Gasteiger partial charge on any atom is -0.385 e. The minimum absolute atomic E-state index is 0.0173. The second-order valence-corrected chi connectivity index (χ2v) is 6.55. The number of carbonyl (C=O) groups excluding carboxylic acids is 1. The van der Waals surface area contributed by atoms with Gasteiger partial charge in [-0.05, 0) is 48.7 Å². The molecule has 0 aliphatic rings. The fourth-order valence-electron chi connectivity index (χ4n) is 2.85. The van der Waals surface area contributed by atoms with Crippen LogP contribution in [0.1, 0.15) is 18.4 Å². The SMILES string of the molecule is O=C(CCCNc1ccc([N+](=O)[O-])cc1)NCCc1ccc(-n2cccn2)cc1. The predicted molar refractivity (Wildman–Crippen MR) is 111 cm³/mol. The third-order valence-electron chi connectivity index (χ3n) is 4.43. The molecule has 2 N–H and O–H groups in total. The third kappa shape index (κ3) is 6.17. The van der Waals surface area contributed by atoms with Crippen LogP contribution >= 0.6 is 0 Å². The standard InChI is InChI=1S/C21H23N5O3/c27-21(3-1-13-22-18-6-10-20(11-7-18)26(28)29)23-15-12-17-4-8-19(9-5-17)25-16-2-14-24-25/h2,4-11,14,16,22H,1,3,12-13,15H2,(H,23,27). The van der Waals surface area contributed by atoms with E-state index in [0.717, 1.165) is 23.4 Å². The molecule has 3 aromatic rings. The molecule has 150 valence electrons. The van der Waals surface area contributed by atoms with Crippen LogP contribution in [0.5, 0.6) is 0 Å². The Morgan fingerprint density at radius 3 is 2.48 bits per heavy atom. The Bertz CT molecular complexity index is 922. The van der Waals surface area contributed by atoms with Crippen LogP contribution in [0.2, 0.25) is 0 Å². The Kier molecular flexibility index (Phi) is 6.94. The maximum absolute atomic E-state index is 11.9. The van der Waals surface area contributed by atoms with E-state index in [1.807, 2.05) is 36.5 Å². The van der Waals surface area contributed by atoms with Gasteiger partial charge in [0.2, 0.25) is 5.91 Å². The van der Waals surface area contributed by atoms with E-state index < -0.39 is 4.92 Å². The lowest BCUT2D eigenvalue weighted by molar-refractivity contribution is -0.384. The summed E-state index contributed by atoms with van der Waals surface area (Å²) >= 11 is 0. The zero-order valence-corrected chi connectivity index (χ0v) is 16.0. The van der Waals surface area contributed by atoms with Crippen LogP contribution < -0.4 is 10.6 Å². The Morgan fingerprint density at radius 2 is 1.83 bits per heavy atom. The number of nitro groups is 1. The van der Waals surface area contributed by atoms with E-state index in [1.54, 1.807) is 23.0 Å². The Morgan fingerprint density at radius 1 is 1.07 bits per heavy atom. The Hall–Kier alpha value is -3.68. The number of amides is 1. The van der Waals surface area contributed by atoms with Gasteiger partial charge < -0.3 is 10.6 Å². The van der Waals surface area contributed by atoms with E-state index in [-0.39, 0.29) is 11.6 Å². The summed E-state index contributed by atoms with van der Waals surface area (Å²) in [7, 11) is 0. The van der Waals surface area contributed by atoms with Crippen LogP contribution in [0.4, 0.5) is 11.4 Å². The highest BCUT2D eigenvalue weighted by Crippen LogP contribution is 2.15. The summed E-state index contributed by atoms with van der Waals surface area (Å²) in [4.78, 5) is 22.1. The number of carbonyl (C=O) groups is 1. The molecule has 1 aromatic heterocycles. The van der Waals surface area contributed by atoms with Crippen molar-refractivity contribution in [2.75, 3.05) is 18.4 Å². The van der Waals surface area contributed by atoms with Crippen LogP contribution in [0.3, 0.4) is 0 Å². The van der Waals surface area contributed by atoms with Crippen LogP contribution in [0.25, 0.3) is 5.69 Å². The number of non-ortho nitro benzene ring substituents is 1. The monoisotopic (exact) mass is 393 g/mol. The largest absolute Gasteiger partial charge is 0.385 e. The van der Waals surface area contributed by atoms with Crippen molar-refractivity contribution in [3.8, 4) is 5.69 Å². The average Bonchev–Trinajstić information content (AvgIpc) is 3.27. The number of benzene rings is 2. The van der Waals surface area contributed by atoms with E-state index in [0.29, 0.717) is 25.9 Å². The van der Waals surface area contributed by atoms with E-state index in [4.69, 9.17) is 0 Å². The Balaban J connectivity index is 1.30. The first kappa shape index (κ1) is 20.1.